The molecule has 7 nitrogen and oxygen atoms in total. The van der Waals surface area contributed by atoms with Gasteiger partial charge in [0.1, 0.15) is 23.6 Å². The molecule has 1 unspecified atom stereocenters. The van der Waals surface area contributed by atoms with Gasteiger partial charge in [0.05, 0.1) is 16.5 Å². The SMILES string of the molecule is Cc1c[nH]c2ncnc(N3CCC(N)(CN(C)C(=O)c4ccccc4F)C3)c12. The van der Waals surface area contributed by atoms with E-state index in [1.807, 2.05) is 13.1 Å². The van der Waals surface area contributed by atoms with Gasteiger partial charge in [0.15, 0.2) is 0 Å². The molecule has 1 aliphatic rings. The zero-order valence-corrected chi connectivity index (χ0v) is 15.9. The van der Waals surface area contributed by atoms with E-state index in [1.54, 1.807) is 19.2 Å². The van der Waals surface area contributed by atoms with E-state index in [-0.39, 0.29) is 11.5 Å². The molecule has 3 heterocycles. The number of aromatic nitrogens is 3. The number of aryl methyl sites for hydroxylation is 1. The van der Waals surface area contributed by atoms with Gasteiger partial charge >= 0.3 is 0 Å². The first-order valence-corrected chi connectivity index (χ1v) is 9.20. The molecule has 0 saturated carbocycles. The number of anilines is 1. The van der Waals surface area contributed by atoms with Crippen molar-refractivity contribution in [3.63, 3.8) is 0 Å². The lowest BCUT2D eigenvalue weighted by Gasteiger charge is -2.30. The molecule has 1 aliphatic heterocycles. The minimum atomic E-state index is -0.600. The third kappa shape index (κ3) is 3.20. The van der Waals surface area contributed by atoms with Gasteiger partial charge in [0, 0.05) is 32.9 Å². The Morgan fingerprint density at radius 1 is 1.39 bits per heavy atom. The molecule has 1 saturated heterocycles. The lowest BCUT2D eigenvalue weighted by Crippen LogP contribution is -2.52. The van der Waals surface area contributed by atoms with Crippen LogP contribution in [-0.2, 0) is 0 Å². The number of nitrogens with two attached hydrogens (primary N) is 1. The molecule has 1 atom stereocenters. The summed E-state index contributed by atoms with van der Waals surface area (Å²) in [6.45, 7) is 3.63. The van der Waals surface area contributed by atoms with E-state index in [1.165, 1.54) is 23.4 Å². The molecule has 1 aromatic carbocycles. The highest BCUT2D eigenvalue weighted by atomic mass is 19.1. The van der Waals surface area contributed by atoms with Crippen LogP contribution in [0.1, 0.15) is 22.3 Å². The summed E-state index contributed by atoms with van der Waals surface area (Å²) >= 11 is 0. The van der Waals surface area contributed by atoms with Crippen molar-refractivity contribution in [2.75, 3.05) is 31.6 Å². The number of amides is 1. The second-order valence-electron chi connectivity index (χ2n) is 7.57. The summed E-state index contributed by atoms with van der Waals surface area (Å²) in [5.41, 5.74) is 7.95. The van der Waals surface area contributed by atoms with Crippen LogP contribution in [0.5, 0.6) is 0 Å². The maximum absolute atomic E-state index is 13.9. The summed E-state index contributed by atoms with van der Waals surface area (Å²) < 4.78 is 13.9. The van der Waals surface area contributed by atoms with E-state index in [0.717, 1.165) is 29.0 Å². The number of fused-ring (bicyclic) bond motifs is 1. The van der Waals surface area contributed by atoms with E-state index < -0.39 is 11.4 Å². The first-order chi connectivity index (χ1) is 13.4. The Morgan fingerprint density at radius 3 is 2.96 bits per heavy atom. The fraction of sp³-hybridized carbons (Fsp3) is 0.350. The number of halogens is 1. The molecule has 28 heavy (non-hydrogen) atoms. The van der Waals surface area contributed by atoms with Crippen LogP contribution in [0.15, 0.2) is 36.8 Å². The highest BCUT2D eigenvalue weighted by molar-refractivity contribution is 5.94. The Labute approximate surface area is 162 Å². The third-order valence-electron chi connectivity index (χ3n) is 5.33. The van der Waals surface area contributed by atoms with Gasteiger partial charge in [0.2, 0.25) is 0 Å². The van der Waals surface area contributed by atoms with Crippen molar-refractivity contribution in [3.05, 3.63) is 53.7 Å². The average molecular weight is 382 g/mol. The molecule has 0 aliphatic carbocycles. The average Bonchev–Trinajstić information content (AvgIpc) is 3.25. The lowest BCUT2D eigenvalue weighted by atomic mass is 9.99. The lowest BCUT2D eigenvalue weighted by molar-refractivity contribution is 0.0761. The van der Waals surface area contributed by atoms with Crippen LogP contribution in [0.3, 0.4) is 0 Å². The summed E-state index contributed by atoms with van der Waals surface area (Å²) in [6, 6.07) is 6.00. The number of hydrogen-bond donors (Lipinski definition) is 2. The Morgan fingerprint density at radius 2 is 2.18 bits per heavy atom. The van der Waals surface area contributed by atoms with Crippen LogP contribution in [0, 0.1) is 12.7 Å². The fourth-order valence-corrected chi connectivity index (χ4v) is 3.93. The minimum Gasteiger partial charge on any atom is -0.354 e. The maximum atomic E-state index is 13.9. The number of H-pyrrole nitrogens is 1. The maximum Gasteiger partial charge on any atom is 0.256 e. The van der Waals surface area contributed by atoms with Gasteiger partial charge in [-0.2, -0.15) is 0 Å². The van der Waals surface area contributed by atoms with Gasteiger partial charge in [-0.25, -0.2) is 14.4 Å². The first-order valence-electron chi connectivity index (χ1n) is 9.20. The molecule has 1 amide bonds. The fourth-order valence-electron chi connectivity index (χ4n) is 3.93. The molecule has 0 radical (unpaired) electrons. The predicted molar refractivity (Wildman–Crippen MR) is 106 cm³/mol. The standard InChI is InChI=1S/C20H23FN6O/c1-13-9-23-17-16(13)18(25-12-24-17)27-8-7-20(22,11-27)10-26(2)19(28)14-5-3-4-6-15(14)21/h3-6,9,12H,7-8,10-11,22H2,1-2H3,(H,23,24,25). The summed E-state index contributed by atoms with van der Waals surface area (Å²) in [5, 5.41) is 0.988. The first kappa shape index (κ1) is 18.4. The Bertz CT molecular complexity index is 1030. The number of hydrogen-bond acceptors (Lipinski definition) is 5. The van der Waals surface area contributed by atoms with Crippen molar-refractivity contribution in [3.8, 4) is 0 Å². The van der Waals surface area contributed by atoms with Crippen LogP contribution in [0.25, 0.3) is 11.0 Å². The van der Waals surface area contributed by atoms with Gasteiger partial charge in [-0.15, -0.1) is 0 Å². The molecule has 0 bridgehead atoms. The van der Waals surface area contributed by atoms with Crippen LogP contribution in [0.2, 0.25) is 0 Å². The molecule has 146 valence electrons. The zero-order valence-electron chi connectivity index (χ0n) is 15.9. The largest absolute Gasteiger partial charge is 0.354 e. The summed E-state index contributed by atoms with van der Waals surface area (Å²) in [5.74, 6) is -0.0452. The number of nitrogens with one attached hydrogen (secondary N) is 1. The second-order valence-corrected chi connectivity index (χ2v) is 7.57. The molecule has 3 aromatic rings. The number of carbonyl (C=O) groups excluding carboxylic acids is 1. The summed E-state index contributed by atoms with van der Waals surface area (Å²) in [4.78, 5) is 28.1. The Balaban J connectivity index is 1.52. The van der Waals surface area contributed by atoms with E-state index >= 15 is 0 Å². The predicted octanol–water partition coefficient (Wildman–Crippen LogP) is 2.09. The van der Waals surface area contributed by atoms with Crippen molar-refractivity contribution in [2.45, 2.75) is 18.9 Å². The van der Waals surface area contributed by atoms with Gasteiger partial charge < -0.3 is 20.5 Å². The quantitative estimate of drug-likeness (QED) is 0.721. The summed E-state index contributed by atoms with van der Waals surface area (Å²) in [6.07, 6.45) is 4.16. The van der Waals surface area contributed by atoms with Gasteiger partial charge in [-0.05, 0) is 31.0 Å². The Kier molecular flexibility index (Phi) is 4.50. The van der Waals surface area contributed by atoms with Crippen LogP contribution < -0.4 is 10.6 Å². The van der Waals surface area contributed by atoms with E-state index in [2.05, 4.69) is 19.9 Å². The van der Waals surface area contributed by atoms with Gasteiger partial charge in [-0.1, -0.05) is 12.1 Å². The van der Waals surface area contributed by atoms with Crippen molar-refractivity contribution in [1.29, 1.82) is 0 Å². The number of aromatic amines is 1. The van der Waals surface area contributed by atoms with Crippen molar-refractivity contribution < 1.29 is 9.18 Å². The van der Waals surface area contributed by atoms with E-state index in [9.17, 15) is 9.18 Å². The molecule has 1 fully saturated rings. The van der Waals surface area contributed by atoms with Gasteiger partial charge in [0.25, 0.3) is 5.91 Å². The Hall–Kier alpha value is -3.00. The van der Waals surface area contributed by atoms with Crippen LogP contribution in [0.4, 0.5) is 10.2 Å². The van der Waals surface area contributed by atoms with E-state index in [4.69, 9.17) is 5.73 Å². The smallest absolute Gasteiger partial charge is 0.256 e. The third-order valence-corrected chi connectivity index (χ3v) is 5.33. The number of benzene rings is 1. The van der Waals surface area contributed by atoms with Crippen molar-refractivity contribution in [1.82, 2.24) is 19.9 Å². The number of carbonyl (C=O) groups is 1. The number of likely N-dealkylation sites (N-methyl/N-ethyl adjacent to an activating group) is 1. The van der Waals surface area contributed by atoms with Crippen molar-refractivity contribution in [2.24, 2.45) is 5.73 Å². The molecule has 3 N–H and O–H groups in total. The van der Waals surface area contributed by atoms with Crippen LogP contribution >= 0.6 is 0 Å². The minimum absolute atomic E-state index is 0.0592. The number of nitrogens with zero attached hydrogens (tertiary/aromatic N) is 4. The summed E-state index contributed by atoms with van der Waals surface area (Å²) in [7, 11) is 1.66. The van der Waals surface area contributed by atoms with Crippen LogP contribution in [-0.4, -0.2) is 58.0 Å². The molecule has 2 aromatic heterocycles. The molecule has 8 heteroatoms. The topological polar surface area (TPSA) is 91.1 Å². The normalized spacial score (nSPS) is 19.4. The molecule has 0 spiro atoms. The highest BCUT2D eigenvalue weighted by Gasteiger charge is 2.38. The van der Waals surface area contributed by atoms with Gasteiger partial charge in [-0.3, -0.25) is 4.79 Å². The second kappa shape index (κ2) is 6.87. The highest BCUT2D eigenvalue weighted by Crippen LogP contribution is 2.31. The van der Waals surface area contributed by atoms with Crippen molar-refractivity contribution >= 4 is 22.8 Å². The molecule has 4 rings (SSSR count). The zero-order chi connectivity index (χ0) is 19.9. The molecular weight excluding hydrogens is 359 g/mol. The monoisotopic (exact) mass is 382 g/mol. The van der Waals surface area contributed by atoms with E-state index in [0.29, 0.717) is 19.5 Å². The number of rotatable bonds is 4. The molecular formula is C20H23FN6O.